The molecule has 26 heavy (non-hydrogen) atoms. The van der Waals surface area contributed by atoms with Crippen molar-refractivity contribution in [2.45, 2.75) is 0 Å². The highest BCUT2D eigenvalue weighted by Gasteiger charge is 2.20. The molecule has 130 valence electrons. The molecule has 4 aromatic rings. The van der Waals surface area contributed by atoms with Gasteiger partial charge in [0.05, 0.1) is 10.8 Å². The fourth-order valence-corrected chi connectivity index (χ4v) is 4.39. The highest BCUT2D eigenvalue weighted by Crippen LogP contribution is 2.41. The molecule has 1 heterocycles. The van der Waals surface area contributed by atoms with Gasteiger partial charge in [0, 0.05) is 57.3 Å². The third-order valence-corrected chi connectivity index (χ3v) is 5.93. The van der Waals surface area contributed by atoms with Crippen molar-refractivity contribution in [1.82, 2.24) is 0 Å². The lowest BCUT2D eigenvalue weighted by Gasteiger charge is -2.15. The Bertz CT molecular complexity index is 1020. The zero-order valence-electron chi connectivity index (χ0n) is 15.7. The van der Waals surface area contributed by atoms with Crippen molar-refractivity contribution < 1.29 is 0 Å². The molecule has 0 saturated heterocycles. The van der Waals surface area contributed by atoms with E-state index in [4.69, 9.17) is 0 Å². The zero-order chi connectivity index (χ0) is 18.3. The molecule has 2 nitrogen and oxygen atoms in total. The Morgan fingerprint density at radius 3 is 1.58 bits per heavy atom. The van der Waals surface area contributed by atoms with Gasteiger partial charge in [0.15, 0.2) is 0 Å². The summed E-state index contributed by atoms with van der Waals surface area (Å²) in [5, 5.41) is 2.63. The van der Waals surface area contributed by atoms with Crippen molar-refractivity contribution >= 4 is 42.9 Å². The minimum Gasteiger partial charge on any atom is -0.378 e. The molecular formula is C23H23N2S+. The van der Waals surface area contributed by atoms with Crippen molar-refractivity contribution in [3.63, 3.8) is 0 Å². The van der Waals surface area contributed by atoms with Gasteiger partial charge in [-0.25, -0.2) is 0 Å². The monoisotopic (exact) mass is 359 g/mol. The highest BCUT2D eigenvalue weighted by molar-refractivity contribution is 7.24. The van der Waals surface area contributed by atoms with Gasteiger partial charge in [0.1, 0.15) is 0 Å². The number of fused-ring (bicyclic) bond motifs is 2. The van der Waals surface area contributed by atoms with Gasteiger partial charge < -0.3 is 9.80 Å². The molecule has 0 atom stereocenters. The number of nitrogens with zero attached hydrogens (tertiary/aromatic N) is 2. The van der Waals surface area contributed by atoms with Gasteiger partial charge in [0.2, 0.25) is 20.7 Å². The van der Waals surface area contributed by atoms with E-state index in [-0.39, 0.29) is 0 Å². The SMILES string of the molecule is CN(C)c1ccc2[s+]c3ccc(N(C)C)cc3c(-c3ccccc3)c2c1. The summed E-state index contributed by atoms with van der Waals surface area (Å²) in [7, 11) is 8.38. The van der Waals surface area contributed by atoms with E-state index in [1.165, 1.54) is 42.7 Å². The van der Waals surface area contributed by atoms with Crippen molar-refractivity contribution in [1.29, 1.82) is 0 Å². The quantitative estimate of drug-likeness (QED) is 0.320. The van der Waals surface area contributed by atoms with E-state index < -0.39 is 0 Å². The molecule has 0 aliphatic carbocycles. The summed E-state index contributed by atoms with van der Waals surface area (Å²) in [6, 6.07) is 24.3. The first-order valence-corrected chi connectivity index (χ1v) is 9.60. The lowest BCUT2D eigenvalue weighted by molar-refractivity contribution is 1.13. The van der Waals surface area contributed by atoms with E-state index in [9.17, 15) is 0 Å². The summed E-state index contributed by atoms with van der Waals surface area (Å²) in [5.41, 5.74) is 5.04. The minimum absolute atomic E-state index is 1.23. The molecule has 3 aromatic carbocycles. The highest BCUT2D eigenvalue weighted by atomic mass is 32.1. The van der Waals surface area contributed by atoms with Crippen molar-refractivity contribution in [3.05, 3.63) is 66.7 Å². The van der Waals surface area contributed by atoms with Gasteiger partial charge >= 0.3 is 0 Å². The van der Waals surface area contributed by atoms with Crippen LogP contribution in [0, 0.1) is 0 Å². The van der Waals surface area contributed by atoms with Crippen LogP contribution in [0.25, 0.3) is 31.3 Å². The zero-order valence-corrected chi connectivity index (χ0v) is 16.5. The lowest BCUT2D eigenvalue weighted by Crippen LogP contribution is -2.08. The van der Waals surface area contributed by atoms with Crippen LogP contribution in [-0.4, -0.2) is 28.2 Å². The van der Waals surface area contributed by atoms with Crippen LogP contribution in [0.2, 0.25) is 0 Å². The maximum atomic E-state index is 2.32. The predicted octanol–water partition coefficient (Wildman–Crippen LogP) is 6.13. The molecule has 1 aromatic heterocycles. The Hall–Kier alpha value is -2.65. The Kier molecular flexibility index (Phi) is 4.25. The Morgan fingerprint density at radius 2 is 1.12 bits per heavy atom. The summed E-state index contributed by atoms with van der Waals surface area (Å²) in [6.45, 7) is 0. The molecule has 0 N–H and O–H groups in total. The van der Waals surface area contributed by atoms with Gasteiger partial charge in [-0.2, -0.15) is 0 Å². The van der Waals surface area contributed by atoms with Crippen LogP contribution >= 0.6 is 11.3 Å². The van der Waals surface area contributed by atoms with E-state index in [1.807, 2.05) is 11.3 Å². The maximum Gasteiger partial charge on any atom is 0.239 e. The van der Waals surface area contributed by atoms with E-state index in [1.54, 1.807) is 0 Å². The molecule has 0 unspecified atom stereocenters. The van der Waals surface area contributed by atoms with Crippen molar-refractivity contribution in [2.24, 2.45) is 0 Å². The first kappa shape index (κ1) is 16.8. The second kappa shape index (κ2) is 6.58. The van der Waals surface area contributed by atoms with Gasteiger partial charge in [-0.1, -0.05) is 30.3 Å². The second-order valence-electron chi connectivity index (χ2n) is 6.99. The summed E-state index contributed by atoms with van der Waals surface area (Å²) >= 11 is 1.86. The van der Waals surface area contributed by atoms with E-state index in [0.29, 0.717) is 0 Å². The third-order valence-electron chi connectivity index (χ3n) is 4.78. The number of hydrogen-bond acceptors (Lipinski definition) is 2. The fourth-order valence-electron chi connectivity index (χ4n) is 3.34. The van der Waals surface area contributed by atoms with Crippen LogP contribution in [0.15, 0.2) is 66.7 Å². The van der Waals surface area contributed by atoms with Gasteiger partial charge in [0.25, 0.3) is 0 Å². The van der Waals surface area contributed by atoms with Crippen LogP contribution in [-0.2, 0) is 0 Å². The van der Waals surface area contributed by atoms with Gasteiger partial charge in [-0.15, -0.1) is 0 Å². The Morgan fingerprint density at radius 1 is 0.615 bits per heavy atom. The molecule has 0 spiro atoms. The molecule has 0 aliphatic heterocycles. The topological polar surface area (TPSA) is 6.48 Å². The van der Waals surface area contributed by atoms with Crippen LogP contribution in [0.1, 0.15) is 0 Å². The van der Waals surface area contributed by atoms with Crippen molar-refractivity contribution in [2.75, 3.05) is 38.0 Å². The molecule has 0 aliphatic rings. The fraction of sp³-hybridized carbons (Fsp3) is 0.174. The van der Waals surface area contributed by atoms with E-state index in [0.717, 1.165) is 0 Å². The maximum absolute atomic E-state index is 2.32. The predicted molar refractivity (Wildman–Crippen MR) is 118 cm³/mol. The van der Waals surface area contributed by atoms with Gasteiger partial charge in [-0.3, -0.25) is 0 Å². The Labute approximate surface area is 158 Å². The smallest absolute Gasteiger partial charge is 0.239 e. The number of hydrogen-bond donors (Lipinski definition) is 0. The molecule has 0 amide bonds. The third kappa shape index (κ3) is 2.89. The average Bonchev–Trinajstić information content (AvgIpc) is 2.65. The standard InChI is InChI=1S/C23H23N2S/c1-24(2)17-10-12-21-19(14-17)23(16-8-6-5-7-9-16)20-15-18(25(3)4)11-13-22(20)26-21/h5-15H,1-4H3/q+1. The summed E-state index contributed by atoms with van der Waals surface area (Å²) in [5.74, 6) is 0. The lowest BCUT2D eigenvalue weighted by atomic mass is 9.97. The average molecular weight is 360 g/mol. The summed E-state index contributed by atoms with van der Waals surface area (Å²) in [6.07, 6.45) is 0. The number of anilines is 2. The normalized spacial score (nSPS) is 11.1. The first-order chi connectivity index (χ1) is 12.5. The van der Waals surface area contributed by atoms with Crippen LogP contribution in [0.5, 0.6) is 0 Å². The molecule has 0 radical (unpaired) electrons. The van der Waals surface area contributed by atoms with Crippen LogP contribution < -0.4 is 9.80 Å². The van der Waals surface area contributed by atoms with Crippen molar-refractivity contribution in [3.8, 4) is 11.1 Å². The number of benzene rings is 3. The molecule has 4 rings (SSSR count). The Balaban J connectivity index is 2.16. The molecule has 0 saturated carbocycles. The van der Waals surface area contributed by atoms with E-state index in [2.05, 4.69) is 105 Å². The minimum atomic E-state index is 1.23. The van der Waals surface area contributed by atoms with Crippen LogP contribution in [0.3, 0.4) is 0 Å². The molecule has 3 heteroatoms. The molecular weight excluding hydrogens is 336 g/mol. The summed E-state index contributed by atoms with van der Waals surface area (Å²) in [4.78, 5) is 4.33. The number of rotatable bonds is 3. The largest absolute Gasteiger partial charge is 0.378 e. The van der Waals surface area contributed by atoms with E-state index >= 15 is 0 Å². The molecule has 0 fully saturated rings. The van der Waals surface area contributed by atoms with Crippen LogP contribution in [0.4, 0.5) is 11.4 Å². The first-order valence-electron chi connectivity index (χ1n) is 8.78. The second-order valence-corrected chi connectivity index (χ2v) is 8.08. The molecule has 0 bridgehead atoms. The van der Waals surface area contributed by atoms with Gasteiger partial charge in [-0.05, 0) is 29.8 Å². The summed E-state index contributed by atoms with van der Waals surface area (Å²) < 4.78 is 2.64.